The second-order valence-electron chi connectivity index (χ2n) is 6.90. The minimum Gasteiger partial charge on any atom is -0.384 e. The maximum Gasteiger partial charge on any atom is 0.254 e. The number of piperidine rings is 1. The zero-order valence-corrected chi connectivity index (χ0v) is 16.0. The number of benzene rings is 1. The summed E-state index contributed by atoms with van der Waals surface area (Å²) < 4.78 is 7.14. The molecule has 140 valence electrons. The summed E-state index contributed by atoms with van der Waals surface area (Å²) in [6.07, 6.45) is 3.58. The molecule has 26 heavy (non-hydrogen) atoms. The van der Waals surface area contributed by atoms with E-state index in [1.54, 1.807) is 18.0 Å². The summed E-state index contributed by atoms with van der Waals surface area (Å²) in [5.41, 5.74) is 2.19. The molecular weight excluding hydrogens is 352 g/mol. The third-order valence-electron chi connectivity index (χ3n) is 5.05. The Morgan fingerprint density at radius 1 is 1.42 bits per heavy atom. The Morgan fingerprint density at radius 3 is 2.88 bits per heavy atom. The van der Waals surface area contributed by atoms with Crippen LogP contribution in [-0.2, 0) is 4.74 Å². The first-order chi connectivity index (χ1) is 12.5. The number of methoxy groups -OCH3 is 1. The third kappa shape index (κ3) is 4.09. The Balaban J connectivity index is 1.72. The standard InChI is InChI=1S/C19H25ClN4O2/c1-14-17(11-23-24(14)16-5-3-4-15(20)10-16)18(25)22-12-19(13-26-2)6-8-21-9-7-19/h3-5,10-11,21H,6-9,12-13H2,1-2H3,(H,22,25). The minimum atomic E-state index is -0.107. The molecule has 2 N–H and O–H groups in total. The van der Waals surface area contributed by atoms with Gasteiger partial charge in [0, 0.05) is 24.1 Å². The maximum absolute atomic E-state index is 12.7. The predicted molar refractivity (Wildman–Crippen MR) is 102 cm³/mol. The van der Waals surface area contributed by atoms with E-state index in [9.17, 15) is 4.79 Å². The van der Waals surface area contributed by atoms with Crippen molar-refractivity contribution >= 4 is 17.5 Å². The van der Waals surface area contributed by atoms with Crippen molar-refractivity contribution < 1.29 is 9.53 Å². The predicted octanol–water partition coefficient (Wildman–Crippen LogP) is 2.58. The van der Waals surface area contributed by atoms with Gasteiger partial charge in [-0.3, -0.25) is 4.79 Å². The molecule has 3 rings (SSSR count). The summed E-state index contributed by atoms with van der Waals surface area (Å²) in [5.74, 6) is -0.107. The molecule has 2 aromatic rings. The van der Waals surface area contributed by atoms with Gasteiger partial charge in [-0.05, 0) is 51.1 Å². The van der Waals surface area contributed by atoms with Gasteiger partial charge in [0.1, 0.15) is 0 Å². The molecule has 0 radical (unpaired) electrons. The number of rotatable bonds is 6. The van der Waals surface area contributed by atoms with Crippen LogP contribution in [-0.4, -0.2) is 49.0 Å². The van der Waals surface area contributed by atoms with E-state index in [0.717, 1.165) is 37.3 Å². The zero-order valence-electron chi connectivity index (χ0n) is 15.2. The highest BCUT2D eigenvalue weighted by atomic mass is 35.5. The van der Waals surface area contributed by atoms with E-state index < -0.39 is 0 Å². The topological polar surface area (TPSA) is 68.2 Å². The molecular formula is C19H25ClN4O2. The van der Waals surface area contributed by atoms with Crippen LogP contribution in [0, 0.1) is 12.3 Å². The van der Waals surface area contributed by atoms with Crippen LogP contribution in [0.3, 0.4) is 0 Å². The maximum atomic E-state index is 12.7. The monoisotopic (exact) mass is 376 g/mol. The molecule has 0 aliphatic carbocycles. The molecule has 0 unspecified atom stereocenters. The van der Waals surface area contributed by atoms with E-state index in [2.05, 4.69) is 15.7 Å². The highest BCUT2D eigenvalue weighted by Gasteiger charge is 2.32. The summed E-state index contributed by atoms with van der Waals surface area (Å²) in [6, 6.07) is 7.41. The highest BCUT2D eigenvalue weighted by Crippen LogP contribution is 2.28. The molecule has 7 heteroatoms. The van der Waals surface area contributed by atoms with Gasteiger partial charge in [-0.15, -0.1) is 0 Å². The SMILES string of the molecule is COCC1(CNC(=O)c2cnn(-c3cccc(Cl)c3)c2C)CCNCC1. The average molecular weight is 377 g/mol. The first-order valence-electron chi connectivity index (χ1n) is 8.83. The number of aromatic nitrogens is 2. The quantitative estimate of drug-likeness (QED) is 0.813. The highest BCUT2D eigenvalue weighted by molar-refractivity contribution is 6.30. The van der Waals surface area contributed by atoms with Gasteiger partial charge in [-0.2, -0.15) is 5.10 Å². The Labute approximate surface area is 158 Å². The summed E-state index contributed by atoms with van der Waals surface area (Å²) >= 11 is 6.06. The fraction of sp³-hybridized carbons (Fsp3) is 0.474. The summed E-state index contributed by atoms with van der Waals surface area (Å²) in [5, 5.41) is 11.4. The van der Waals surface area contributed by atoms with Gasteiger partial charge in [0.2, 0.25) is 0 Å². The summed E-state index contributed by atoms with van der Waals surface area (Å²) in [4.78, 5) is 12.7. The van der Waals surface area contributed by atoms with Crippen molar-refractivity contribution in [3.8, 4) is 5.69 Å². The van der Waals surface area contributed by atoms with Crippen LogP contribution in [0.25, 0.3) is 5.69 Å². The van der Waals surface area contributed by atoms with Crippen molar-refractivity contribution in [3.63, 3.8) is 0 Å². The lowest BCUT2D eigenvalue weighted by atomic mass is 9.79. The summed E-state index contributed by atoms with van der Waals surface area (Å²) in [7, 11) is 1.71. The molecule has 0 atom stereocenters. The van der Waals surface area contributed by atoms with Gasteiger partial charge in [-0.25, -0.2) is 4.68 Å². The van der Waals surface area contributed by atoms with Gasteiger partial charge in [0.15, 0.2) is 0 Å². The molecule has 0 spiro atoms. The number of hydrogen-bond donors (Lipinski definition) is 2. The number of hydrogen-bond acceptors (Lipinski definition) is 4. The number of halogens is 1. The van der Waals surface area contributed by atoms with Crippen LogP contribution in [0.1, 0.15) is 28.9 Å². The molecule has 1 amide bonds. The normalized spacial score (nSPS) is 16.4. The fourth-order valence-corrected chi connectivity index (χ4v) is 3.68. The van der Waals surface area contributed by atoms with Gasteiger partial charge in [-0.1, -0.05) is 17.7 Å². The first-order valence-corrected chi connectivity index (χ1v) is 9.21. The number of carbonyl (C=O) groups excluding carboxylic acids is 1. The molecule has 1 aliphatic rings. The molecule has 1 aromatic heterocycles. The largest absolute Gasteiger partial charge is 0.384 e. The molecule has 0 bridgehead atoms. The lowest BCUT2D eigenvalue weighted by molar-refractivity contribution is 0.0511. The Morgan fingerprint density at radius 2 is 2.19 bits per heavy atom. The number of carbonyl (C=O) groups is 1. The van der Waals surface area contributed by atoms with Crippen molar-refractivity contribution in [2.24, 2.45) is 5.41 Å². The van der Waals surface area contributed by atoms with E-state index in [0.29, 0.717) is 23.7 Å². The second-order valence-corrected chi connectivity index (χ2v) is 7.34. The van der Waals surface area contributed by atoms with Crippen molar-refractivity contribution in [2.75, 3.05) is 33.4 Å². The lowest BCUT2D eigenvalue weighted by Gasteiger charge is -2.37. The van der Waals surface area contributed by atoms with Crippen LogP contribution >= 0.6 is 11.6 Å². The van der Waals surface area contributed by atoms with E-state index >= 15 is 0 Å². The van der Waals surface area contributed by atoms with E-state index in [1.807, 2.05) is 31.2 Å². The van der Waals surface area contributed by atoms with E-state index in [1.165, 1.54) is 0 Å². The van der Waals surface area contributed by atoms with Gasteiger partial charge in [0.25, 0.3) is 5.91 Å². The Bertz CT molecular complexity index is 763. The minimum absolute atomic E-state index is 0.00743. The lowest BCUT2D eigenvalue weighted by Crippen LogP contribution is -2.47. The van der Waals surface area contributed by atoms with Crippen LogP contribution in [0.5, 0.6) is 0 Å². The molecule has 0 saturated carbocycles. The Kier molecular flexibility index (Phi) is 5.96. The third-order valence-corrected chi connectivity index (χ3v) is 5.28. The molecule has 2 heterocycles. The van der Waals surface area contributed by atoms with E-state index in [-0.39, 0.29) is 11.3 Å². The molecule has 1 saturated heterocycles. The fourth-order valence-electron chi connectivity index (χ4n) is 3.50. The molecule has 1 fully saturated rings. The number of ether oxygens (including phenoxy) is 1. The van der Waals surface area contributed by atoms with Crippen LogP contribution in [0.2, 0.25) is 5.02 Å². The van der Waals surface area contributed by atoms with Crippen LogP contribution in [0.15, 0.2) is 30.5 Å². The second kappa shape index (κ2) is 8.20. The van der Waals surface area contributed by atoms with Gasteiger partial charge in [0.05, 0.1) is 29.7 Å². The molecule has 6 nitrogen and oxygen atoms in total. The number of nitrogens with one attached hydrogen (secondary N) is 2. The van der Waals surface area contributed by atoms with Crippen molar-refractivity contribution in [1.29, 1.82) is 0 Å². The van der Waals surface area contributed by atoms with Crippen molar-refractivity contribution in [2.45, 2.75) is 19.8 Å². The molecule has 1 aromatic carbocycles. The van der Waals surface area contributed by atoms with Crippen molar-refractivity contribution in [3.05, 3.63) is 46.7 Å². The summed E-state index contributed by atoms with van der Waals surface area (Å²) in [6.45, 7) is 5.03. The smallest absolute Gasteiger partial charge is 0.254 e. The van der Waals surface area contributed by atoms with E-state index in [4.69, 9.17) is 16.3 Å². The van der Waals surface area contributed by atoms with Gasteiger partial charge >= 0.3 is 0 Å². The van der Waals surface area contributed by atoms with Crippen LogP contribution < -0.4 is 10.6 Å². The van der Waals surface area contributed by atoms with Crippen LogP contribution in [0.4, 0.5) is 0 Å². The zero-order chi connectivity index (χ0) is 18.6. The number of amides is 1. The Hall–Kier alpha value is -1.89. The molecule has 1 aliphatic heterocycles. The number of nitrogens with zero attached hydrogens (tertiary/aromatic N) is 2. The average Bonchev–Trinajstić information content (AvgIpc) is 3.02. The van der Waals surface area contributed by atoms with Crippen molar-refractivity contribution in [1.82, 2.24) is 20.4 Å². The first kappa shape index (κ1) is 18.9. The van der Waals surface area contributed by atoms with Gasteiger partial charge < -0.3 is 15.4 Å².